The van der Waals surface area contributed by atoms with E-state index in [-0.39, 0.29) is 29.2 Å². The Morgan fingerprint density at radius 1 is 1.11 bits per heavy atom. The number of carbonyl (C=O) groups is 2. The molecule has 1 aromatic carbocycles. The molecule has 2 aromatic heterocycles. The van der Waals surface area contributed by atoms with Crippen LogP contribution in [0.2, 0.25) is 5.02 Å². The first-order valence-electron chi connectivity index (χ1n) is 12.2. The largest absolute Gasteiger partial charge is 0.480 e. The molecule has 8 nitrogen and oxygen atoms in total. The van der Waals surface area contributed by atoms with Crippen molar-refractivity contribution in [3.05, 3.63) is 81.3 Å². The van der Waals surface area contributed by atoms with Gasteiger partial charge in [-0.05, 0) is 43.7 Å². The molecule has 10 heteroatoms. The molecule has 1 amide bonds. The summed E-state index contributed by atoms with van der Waals surface area (Å²) in [4.78, 5) is 38.7. The Hall–Kier alpha value is -3.62. The zero-order valence-corrected chi connectivity index (χ0v) is 23.2. The summed E-state index contributed by atoms with van der Waals surface area (Å²) in [5.41, 5.74) is 4.30. The number of hydrogen-bond donors (Lipinski definition) is 0. The minimum Gasteiger partial charge on any atom is -0.480 e. The van der Waals surface area contributed by atoms with Crippen LogP contribution >= 0.6 is 23.2 Å². The molecule has 2 aliphatic rings. The average Bonchev–Trinajstić information content (AvgIpc) is 3.41. The summed E-state index contributed by atoms with van der Waals surface area (Å²) < 4.78 is 7.78. The number of fused-ring (bicyclic) bond motifs is 1. The highest BCUT2D eigenvalue weighted by molar-refractivity contribution is 6.43. The fraction of sp³-hybridized carbons (Fsp3) is 0.286. The molecule has 0 spiro atoms. The topological polar surface area (TPSA) is 80.6 Å². The number of aromatic nitrogens is 3. The molecule has 0 unspecified atom stereocenters. The summed E-state index contributed by atoms with van der Waals surface area (Å²) in [5.74, 6) is 0.568. The van der Waals surface area contributed by atoms with E-state index in [0.717, 1.165) is 17.0 Å². The van der Waals surface area contributed by atoms with E-state index < -0.39 is 6.04 Å². The number of benzene rings is 1. The molecule has 0 saturated carbocycles. The summed E-state index contributed by atoms with van der Waals surface area (Å²) in [6, 6.07) is 8.81. The predicted molar refractivity (Wildman–Crippen MR) is 148 cm³/mol. The van der Waals surface area contributed by atoms with E-state index in [1.54, 1.807) is 47.4 Å². The van der Waals surface area contributed by atoms with E-state index in [0.29, 0.717) is 33.7 Å². The summed E-state index contributed by atoms with van der Waals surface area (Å²) in [6.07, 6.45) is 5.17. The summed E-state index contributed by atoms with van der Waals surface area (Å²) in [5, 5.41) is 0.704. The molecule has 0 N–H and O–H groups in total. The van der Waals surface area contributed by atoms with Gasteiger partial charge in [0.05, 0.1) is 34.7 Å². The molecule has 3 heterocycles. The quantitative estimate of drug-likeness (QED) is 0.386. The Kier molecular flexibility index (Phi) is 6.79. The number of methoxy groups -OCH3 is 1. The summed E-state index contributed by atoms with van der Waals surface area (Å²) >= 11 is 12.4. The van der Waals surface area contributed by atoms with Gasteiger partial charge in [0.1, 0.15) is 6.04 Å². The zero-order valence-electron chi connectivity index (χ0n) is 21.7. The van der Waals surface area contributed by atoms with Crippen LogP contribution in [0.4, 0.5) is 5.95 Å². The number of amides is 1. The van der Waals surface area contributed by atoms with Crippen LogP contribution in [0.25, 0.3) is 11.3 Å². The molecule has 0 saturated heterocycles. The van der Waals surface area contributed by atoms with Gasteiger partial charge in [-0.3, -0.25) is 14.5 Å². The number of ketones is 1. The highest BCUT2D eigenvalue weighted by atomic mass is 35.5. The second-order valence-corrected chi connectivity index (χ2v) is 10.5. The molecule has 196 valence electrons. The number of hydrogen-bond acceptors (Lipinski definition) is 6. The van der Waals surface area contributed by atoms with Crippen LogP contribution < -0.4 is 9.64 Å². The van der Waals surface area contributed by atoms with Crippen molar-refractivity contribution in [3.63, 3.8) is 0 Å². The number of ether oxygens (including phenoxy) is 1. The second kappa shape index (κ2) is 9.93. The van der Waals surface area contributed by atoms with E-state index in [2.05, 4.69) is 28.4 Å². The average molecular weight is 552 g/mol. The van der Waals surface area contributed by atoms with E-state index in [1.165, 1.54) is 0 Å². The Morgan fingerprint density at radius 3 is 2.42 bits per heavy atom. The number of halogens is 2. The lowest BCUT2D eigenvalue weighted by Gasteiger charge is -2.30. The van der Waals surface area contributed by atoms with E-state index in [9.17, 15) is 9.59 Å². The van der Waals surface area contributed by atoms with Crippen LogP contribution in [0.3, 0.4) is 0 Å². The lowest BCUT2D eigenvalue weighted by atomic mass is 10.0. The fourth-order valence-electron chi connectivity index (χ4n) is 4.98. The number of nitrogens with zero attached hydrogens (tertiary/aromatic N) is 5. The third-order valence-electron chi connectivity index (χ3n) is 6.67. The highest BCUT2D eigenvalue weighted by Gasteiger charge is 2.44. The fourth-order valence-corrected chi connectivity index (χ4v) is 5.29. The first-order chi connectivity index (χ1) is 18.1. The lowest BCUT2D eigenvalue weighted by Crippen LogP contribution is -2.30. The maximum absolute atomic E-state index is 14.1. The molecule has 5 rings (SSSR count). The maximum Gasteiger partial charge on any atom is 0.261 e. The van der Waals surface area contributed by atoms with Gasteiger partial charge in [-0.25, -0.2) is 4.98 Å². The van der Waals surface area contributed by atoms with Crippen molar-refractivity contribution in [2.24, 2.45) is 0 Å². The van der Waals surface area contributed by atoms with Crippen LogP contribution in [0.1, 0.15) is 54.0 Å². The third-order valence-corrected chi connectivity index (χ3v) is 7.24. The number of allylic oxidation sites excluding steroid dienone is 3. The highest BCUT2D eigenvalue weighted by Crippen LogP contribution is 2.47. The molecular weight excluding hydrogens is 525 g/mol. The molecule has 0 fully saturated rings. The van der Waals surface area contributed by atoms with Gasteiger partial charge >= 0.3 is 0 Å². The van der Waals surface area contributed by atoms with Crippen molar-refractivity contribution in [1.29, 1.82) is 0 Å². The zero-order chi connectivity index (χ0) is 27.3. The van der Waals surface area contributed by atoms with Crippen molar-refractivity contribution in [2.75, 3.05) is 26.1 Å². The summed E-state index contributed by atoms with van der Waals surface area (Å²) in [7, 11) is 5.29. The second-order valence-electron chi connectivity index (χ2n) is 9.66. The molecule has 0 radical (unpaired) electrons. The van der Waals surface area contributed by atoms with E-state index in [1.807, 2.05) is 32.3 Å². The molecule has 1 atom stereocenters. The van der Waals surface area contributed by atoms with Crippen LogP contribution in [-0.2, 0) is 4.79 Å². The maximum atomic E-state index is 14.1. The number of rotatable bonds is 6. The number of Topliss-reactive ketones (excluding diaryl/α,β-unsaturated/α-hetero) is 1. The minimum atomic E-state index is -0.473. The van der Waals surface area contributed by atoms with Gasteiger partial charge in [0, 0.05) is 43.5 Å². The van der Waals surface area contributed by atoms with Gasteiger partial charge in [-0.1, -0.05) is 41.4 Å². The van der Waals surface area contributed by atoms with Crippen molar-refractivity contribution >= 4 is 40.8 Å². The third kappa shape index (κ3) is 4.27. The first-order valence-corrected chi connectivity index (χ1v) is 12.9. The van der Waals surface area contributed by atoms with Gasteiger partial charge < -0.3 is 14.2 Å². The van der Waals surface area contributed by atoms with Gasteiger partial charge in [0.2, 0.25) is 11.8 Å². The van der Waals surface area contributed by atoms with Gasteiger partial charge in [0.25, 0.3) is 5.91 Å². The molecule has 1 aliphatic heterocycles. The van der Waals surface area contributed by atoms with Crippen molar-refractivity contribution < 1.29 is 14.3 Å². The van der Waals surface area contributed by atoms with E-state index in [4.69, 9.17) is 27.9 Å². The van der Waals surface area contributed by atoms with Crippen LogP contribution in [0.5, 0.6) is 5.88 Å². The van der Waals surface area contributed by atoms with Crippen molar-refractivity contribution in [3.8, 4) is 17.1 Å². The molecular formula is C28H27Cl2N5O3. The van der Waals surface area contributed by atoms with Crippen LogP contribution in [0.15, 0.2) is 59.4 Å². The minimum absolute atomic E-state index is 0.0180. The summed E-state index contributed by atoms with van der Waals surface area (Å²) in [6.45, 7) is 4.12. The Bertz CT molecular complexity index is 1510. The molecule has 0 bridgehead atoms. The van der Waals surface area contributed by atoms with Crippen molar-refractivity contribution in [2.45, 2.75) is 32.4 Å². The Morgan fingerprint density at radius 2 is 1.82 bits per heavy atom. The Balaban J connectivity index is 1.74. The Labute approximate surface area is 231 Å². The monoisotopic (exact) mass is 551 g/mol. The van der Waals surface area contributed by atoms with Gasteiger partial charge in [-0.15, -0.1) is 0 Å². The number of anilines is 1. The van der Waals surface area contributed by atoms with Crippen LogP contribution in [-0.4, -0.2) is 52.3 Å². The SMILES string of the molecule is COc1nc(N(C)C)ncc1-c1cc2c(n1C(C)C)[C@H](c1ccc(Cl)cc1)N(C1=CCC(=O)C(Cl)=C1)C2=O. The molecule has 1 aliphatic carbocycles. The number of carbonyl (C=O) groups excluding carboxylic acids is 2. The standard InChI is InChI=1S/C28H27Cl2N5O3/c1-15(2)34-22(20-14-31-28(33(3)4)32-26(20)38-5)13-19-25(34)24(16-6-8-17(29)9-7-16)35(27(19)37)18-10-11-23(36)21(30)12-18/h6-10,12-15,24H,11H2,1-5H3/t24-/m0/s1. The molecule has 38 heavy (non-hydrogen) atoms. The van der Waals surface area contributed by atoms with E-state index >= 15 is 0 Å². The van der Waals surface area contributed by atoms with Gasteiger partial charge in [0.15, 0.2) is 5.78 Å². The lowest BCUT2D eigenvalue weighted by molar-refractivity contribution is -0.114. The van der Waals surface area contributed by atoms with Gasteiger partial charge in [-0.2, -0.15) is 4.98 Å². The molecule has 3 aromatic rings. The normalized spacial score (nSPS) is 17.1. The van der Waals surface area contributed by atoms with Crippen LogP contribution in [0, 0.1) is 0 Å². The smallest absolute Gasteiger partial charge is 0.261 e. The predicted octanol–water partition coefficient (Wildman–Crippen LogP) is 5.78. The van der Waals surface area contributed by atoms with Crippen molar-refractivity contribution in [1.82, 2.24) is 19.4 Å². The first kappa shape index (κ1) is 26.0.